The van der Waals surface area contributed by atoms with Crippen LogP contribution in [0.4, 0.5) is 0 Å². The highest BCUT2D eigenvalue weighted by atomic mass is 16.3. The molecule has 3 saturated carbocycles. The molecule has 0 radical (unpaired) electrons. The molecule has 0 saturated heterocycles. The van der Waals surface area contributed by atoms with Gasteiger partial charge in [0.2, 0.25) is 0 Å². The summed E-state index contributed by atoms with van der Waals surface area (Å²) in [6, 6.07) is 0. The van der Waals surface area contributed by atoms with E-state index in [-0.39, 0.29) is 11.0 Å². The van der Waals surface area contributed by atoms with E-state index in [4.69, 9.17) is 0 Å². The molecule has 0 aromatic rings. The van der Waals surface area contributed by atoms with Gasteiger partial charge in [0, 0.05) is 0 Å². The lowest BCUT2D eigenvalue weighted by atomic mass is 9.50. The summed E-state index contributed by atoms with van der Waals surface area (Å²) in [7, 11) is 0. The molecule has 4 rings (SSSR count). The SMILES string of the molecule is CC[C@]1(O)CCC2C3CCC4=CCCCC4C3CC[C@@]21C. The van der Waals surface area contributed by atoms with Gasteiger partial charge in [-0.3, -0.25) is 0 Å². The maximum atomic E-state index is 11.2. The first kappa shape index (κ1) is 14.3. The normalized spacial score (nSPS) is 52.6. The molecule has 0 aromatic carbocycles. The molecule has 6 atom stereocenters. The molecule has 3 fully saturated rings. The van der Waals surface area contributed by atoms with Gasteiger partial charge >= 0.3 is 0 Å². The number of hydrogen-bond acceptors (Lipinski definition) is 1. The first-order valence-electron chi connectivity index (χ1n) is 9.50. The fourth-order valence-corrected chi connectivity index (χ4v) is 6.99. The van der Waals surface area contributed by atoms with Gasteiger partial charge in [0.1, 0.15) is 0 Å². The molecule has 1 heteroatoms. The summed E-state index contributed by atoms with van der Waals surface area (Å²) in [6.07, 6.45) is 15.5. The molecule has 1 nitrogen and oxygen atoms in total. The van der Waals surface area contributed by atoms with Gasteiger partial charge in [-0.2, -0.15) is 0 Å². The molecule has 0 aliphatic heterocycles. The minimum Gasteiger partial charge on any atom is -0.389 e. The van der Waals surface area contributed by atoms with E-state index in [1.807, 2.05) is 5.57 Å². The Bertz CT molecular complexity index is 453. The van der Waals surface area contributed by atoms with E-state index in [2.05, 4.69) is 19.9 Å². The van der Waals surface area contributed by atoms with Gasteiger partial charge in [0.05, 0.1) is 5.60 Å². The Morgan fingerprint density at radius 2 is 2.00 bits per heavy atom. The van der Waals surface area contributed by atoms with E-state index in [0.29, 0.717) is 0 Å². The van der Waals surface area contributed by atoms with Crippen molar-refractivity contribution < 1.29 is 5.11 Å². The molecule has 0 aromatic heterocycles. The predicted molar refractivity (Wildman–Crippen MR) is 86.9 cm³/mol. The lowest BCUT2D eigenvalue weighted by Gasteiger charge is -2.55. The second-order valence-corrected chi connectivity index (χ2v) is 8.67. The van der Waals surface area contributed by atoms with Crippen molar-refractivity contribution in [1.29, 1.82) is 0 Å². The number of aliphatic hydroxyl groups is 1. The van der Waals surface area contributed by atoms with Crippen LogP contribution in [0.1, 0.15) is 78.1 Å². The molecule has 4 aliphatic rings. The second kappa shape index (κ2) is 4.85. The minimum atomic E-state index is -0.370. The lowest BCUT2D eigenvalue weighted by Crippen LogP contribution is -2.52. The summed E-state index contributed by atoms with van der Waals surface area (Å²) in [6.45, 7) is 4.62. The fraction of sp³-hybridized carbons (Fsp3) is 0.900. The molecular weight excluding hydrogens is 256 g/mol. The highest BCUT2D eigenvalue weighted by molar-refractivity contribution is 5.19. The molecule has 4 aliphatic carbocycles. The Morgan fingerprint density at radius 3 is 2.81 bits per heavy atom. The molecule has 21 heavy (non-hydrogen) atoms. The number of hydrogen-bond donors (Lipinski definition) is 1. The number of allylic oxidation sites excluding steroid dienone is 2. The smallest absolute Gasteiger partial charge is 0.0701 e. The maximum Gasteiger partial charge on any atom is 0.0701 e. The maximum absolute atomic E-state index is 11.2. The molecular formula is C20H32O. The minimum absolute atomic E-state index is 0.207. The van der Waals surface area contributed by atoms with Crippen molar-refractivity contribution >= 4 is 0 Å². The summed E-state index contributed by atoms with van der Waals surface area (Å²) in [4.78, 5) is 0. The van der Waals surface area contributed by atoms with Crippen molar-refractivity contribution in [1.82, 2.24) is 0 Å². The molecule has 4 unspecified atom stereocenters. The van der Waals surface area contributed by atoms with Gasteiger partial charge in [0.25, 0.3) is 0 Å². The van der Waals surface area contributed by atoms with Crippen LogP contribution < -0.4 is 0 Å². The largest absolute Gasteiger partial charge is 0.389 e. The average molecular weight is 288 g/mol. The van der Waals surface area contributed by atoms with Crippen molar-refractivity contribution in [3.8, 4) is 0 Å². The zero-order chi connectivity index (χ0) is 14.7. The van der Waals surface area contributed by atoms with Crippen molar-refractivity contribution in [3.63, 3.8) is 0 Å². The summed E-state index contributed by atoms with van der Waals surface area (Å²) >= 11 is 0. The van der Waals surface area contributed by atoms with Crippen LogP contribution in [0.25, 0.3) is 0 Å². The third-order valence-corrected chi connectivity index (χ3v) is 8.28. The van der Waals surface area contributed by atoms with Crippen molar-refractivity contribution in [2.75, 3.05) is 0 Å². The van der Waals surface area contributed by atoms with Gasteiger partial charge in [-0.15, -0.1) is 0 Å². The van der Waals surface area contributed by atoms with Gasteiger partial charge < -0.3 is 5.11 Å². The van der Waals surface area contributed by atoms with E-state index in [9.17, 15) is 5.11 Å². The van der Waals surface area contributed by atoms with Crippen LogP contribution in [-0.4, -0.2) is 10.7 Å². The first-order chi connectivity index (χ1) is 10.1. The van der Waals surface area contributed by atoms with E-state index in [1.165, 1.54) is 51.4 Å². The second-order valence-electron chi connectivity index (χ2n) is 8.67. The monoisotopic (exact) mass is 288 g/mol. The first-order valence-corrected chi connectivity index (χ1v) is 9.50. The Hall–Kier alpha value is -0.300. The standard InChI is InChI=1S/C20H32O/c1-3-20(21)13-11-18-17-9-8-14-6-4-5-7-15(14)16(17)10-12-19(18,20)2/h6,15-18,21H,3-5,7-13H2,1-2H3/t15?,16?,17?,18?,19-,20-/m0/s1. The van der Waals surface area contributed by atoms with Crippen molar-refractivity contribution in [3.05, 3.63) is 11.6 Å². The Morgan fingerprint density at radius 1 is 1.14 bits per heavy atom. The van der Waals surface area contributed by atoms with E-state index < -0.39 is 0 Å². The van der Waals surface area contributed by atoms with Gasteiger partial charge in [0.15, 0.2) is 0 Å². The molecule has 0 bridgehead atoms. The quantitative estimate of drug-likeness (QED) is 0.666. The topological polar surface area (TPSA) is 20.2 Å². The number of rotatable bonds is 1. The van der Waals surface area contributed by atoms with Gasteiger partial charge in [-0.1, -0.05) is 25.5 Å². The molecule has 118 valence electrons. The average Bonchev–Trinajstić information content (AvgIpc) is 2.79. The van der Waals surface area contributed by atoms with Crippen LogP contribution in [-0.2, 0) is 0 Å². The Kier molecular flexibility index (Phi) is 3.30. The Balaban J connectivity index is 1.64. The third-order valence-electron chi connectivity index (χ3n) is 8.28. The molecule has 0 spiro atoms. The summed E-state index contributed by atoms with van der Waals surface area (Å²) in [5, 5.41) is 11.2. The summed E-state index contributed by atoms with van der Waals surface area (Å²) in [5.74, 6) is 3.56. The zero-order valence-electron chi connectivity index (χ0n) is 13.9. The van der Waals surface area contributed by atoms with Crippen LogP contribution in [0.2, 0.25) is 0 Å². The van der Waals surface area contributed by atoms with Crippen LogP contribution in [0, 0.1) is 29.1 Å². The highest BCUT2D eigenvalue weighted by Crippen LogP contribution is 2.65. The van der Waals surface area contributed by atoms with Gasteiger partial charge in [-0.05, 0) is 93.3 Å². The Labute approximate surface area is 130 Å². The van der Waals surface area contributed by atoms with Crippen molar-refractivity contribution in [2.45, 2.75) is 83.7 Å². The zero-order valence-corrected chi connectivity index (χ0v) is 13.9. The molecule has 1 N–H and O–H groups in total. The van der Waals surface area contributed by atoms with Crippen molar-refractivity contribution in [2.24, 2.45) is 29.1 Å². The van der Waals surface area contributed by atoms with E-state index in [0.717, 1.165) is 36.5 Å². The highest BCUT2D eigenvalue weighted by Gasteiger charge is 2.61. The molecule has 0 amide bonds. The third kappa shape index (κ3) is 1.85. The number of fused-ring (bicyclic) bond motifs is 5. The van der Waals surface area contributed by atoms with Crippen LogP contribution in [0.3, 0.4) is 0 Å². The lowest BCUT2D eigenvalue weighted by molar-refractivity contribution is -0.119. The summed E-state index contributed by atoms with van der Waals surface area (Å²) < 4.78 is 0. The van der Waals surface area contributed by atoms with Gasteiger partial charge in [-0.25, -0.2) is 0 Å². The van der Waals surface area contributed by atoms with Crippen LogP contribution >= 0.6 is 0 Å². The van der Waals surface area contributed by atoms with Crippen LogP contribution in [0.15, 0.2) is 11.6 Å². The van der Waals surface area contributed by atoms with E-state index >= 15 is 0 Å². The predicted octanol–water partition coefficient (Wildman–Crippen LogP) is 5.09. The molecule has 0 heterocycles. The van der Waals surface area contributed by atoms with Crippen LogP contribution in [0.5, 0.6) is 0 Å². The summed E-state index contributed by atoms with van der Waals surface area (Å²) in [5.41, 5.74) is 1.65. The van der Waals surface area contributed by atoms with E-state index in [1.54, 1.807) is 0 Å². The fourth-order valence-electron chi connectivity index (χ4n) is 6.99.